The summed E-state index contributed by atoms with van der Waals surface area (Å²) in [5, 5.41) is 9.61. The van der Waals surface area contributed by atoms with Gasteiger partial charge in [0.15, 0.2) is 5.82 Å². The maximum Gasteiger partial charge on any atom is 0.255 e. The van der Waals surface area contributed by atoms with E-state index in [2.05, 4.69) is 30.5 Å². The summed E-state index contributed by atoms with van der Waals surface area (Å²) in [4.78, 5) is 26.7. The van der Waals surface area contributed by atoms with Crippen molar-refractivity contribution in [1.82, 2.24) is 30.5 Å². The fourth-order valence-electron chi connectivity index (χ4n) is 2.42. The highest BCUT2D eigenvalue weighted by atomic mass is 16.5. The highest BCUT2D eigenvalue weighted by Crippen LogP contribution is 2.25. The largest absolute Gasteiger partial charge is 0.497 e. The topological polar surface area (TPSA) is 135 Å². The quantitative estimate of drug-likeness (QED) is 0.583. The van der Waals surface area contributed by atoms with Crippen LogP contribution in [0.2, 0.25) is 0 Å². The first-order chi connectivity index (χ1) is 13.0. The van der Waals surface area contributed by atoms with Crippen molar-refractivity contribution in [2.75, 3.05) is 31.8 Å². The van der Waals surface area contributed by atoms with Crippen molar-refractivity contribution in [3.05, 3.63) is 41.9 Å². The second-order valence-electron chi connectivity index (χ2n) is 5.88. The molecule has 27 heavy (non-hydrogen) atoms. The van der Waals surface area contributed by atoms with Crippen molar-refractivity contribution < 1.29 is 9.53 Å². The van der Waals surface area contributed by atoms with Crippen LogP contribution in [-0.2, 0) is 6.54 Å². The summed E-state index contributed by atoms with van der Waals surface area (Å²) in [5.74, 6) is 1.26. The maximum absolute atomic E-state index is 12.6. The number of methoxy groups -OCH3 is 1. The van der Waals surface area contributed by atoms with Gasteiger partial charge < -0.3 is 20.7 Å². The molecule has 140 valence electrons. The van der Waals surface area contributed by atoms with Gasteiger partial charge >= 0.3 is 0 Å². The molecule has 0 aliphatic rings. The van der Waals surface area contributed by atoms with Gasteiger partial charge in [0.1, 0.15) is 5.75 Å². The summed E-state index contributed by atoms with van der Waals surface area (Å²) in [6.45, 7) is 0.106. The molecule has 0 fully saturated rings. The Bertz CT molecular complexity index is 954. The zero-order valence-corrected chi connectivity index (χ0v) is 15.2. The monoisotopic (exact) mass is 368 g/mol. The SMILES string of the molecule is COc1cccc(-c2[nH]ncc2C(=O)NCc2nc(N)nc(N(C)C)n2)c1. The lowest BCUT2D eigenvalue weighted by molar-refractivity contribution is 0.0950. The average molecular weight is 368 g/mol. The molecule has 10 nitrogen and oxygen atoms in total. The molecule has 3 aromatic rings. The Morgan fingerprint density at radius 3 is 2.85 bits per heavy atom. The average Bonchev–Trinajstić information content (AvgIpc) is 3.15. The lowest BCUT2D eigenvalue weighted by atomic mass is 10.1. The predicted molar refractivity (Wildman–Crippen MR) is 100 cm³/mol. The van der Waals surface area contributed by atoms with E-state index >= 15 is 0 Å². The number of nitrogens with two attached hydrogens (primary N) is 1. The fourth-order valence-corrected chi connectivity index (χ4v) is 2.42. The molecule has 3 rings (SSSR count). The number of aromatic nitrogens is 5. The van der Waals surface area contributed by atoms with E-state index in [9.17, 15) is 4.79 Å². The predicted octanol–water partition coefficient (Wildman–Crippen LogP) is 0.848. The molecule has 4 N–H and O–H groups in total. The molecular weight excluding hydrogens is 348 g/mol. The van der Waals surface area contributed by atoms with Crippen molar-refractivity contribution in [3.8, 4) is 17.0 Å². The normalized spacial score (nSPS) is 10.5. The van der Waals surface area contributed by atoms with E-state index in [0.717, 1.165) is 5.56 Å². The van der Waals surface area contributed by atoms with Crippen molar-refractivity contribution in [2.45, 2.75) is 6.54 Å². The summed E-state index contributed by atoms with van der Waals surface area (Å²) >= 11 is 0. The van der Waals surface area contributed by atoms with Gasteiger partial charge in [-0.15, -0.1) is 0 Å². The molecule has 0 atom stereocenters. The molecule has 1 aromatic carbocycles. The van der Waals surface area contributed by atoms with E-state index < -0.39 is 0 Å². The number of carbonyl (C=O) groups excluding carboxylic acids is 1. The van der Waals surface area contributed by atoms with Crippen LogP contribution in [0.15, 0.2) is 30.5 Å². The lowest BCUT2D eigenvalue weighted by Gasteiger charge is -2.11. The number of nitrogens with one attached hydrogen (secondary N) is 2. The van der Waals surface area contributed by atoms with Crippen molar-refractivity contribution >= 4 is 17.8 Å². The second kappa shape index (κ2) is 7.68. The Hall–Kier alpha value is -3.69. The van der Waals surface area contributed by atoms with Crippen LogP contribution in [0.5, 0.6) is 5.75 Å². The van der Waals surface area contributed by atoms with Crippen molar-refractivity contribution in [2.24, 2.45) is 0 Å². The van der Waals surface area contributed by atoms with Gasteiger partial charge in [-0.3, -0.25) is 9.89 Å². The number of hydrogen-bond acceptors (Lipinski definition) is 8. The summed E-state index contributed by atoms with van der Waals surface area (Å²) in [6, 6.07) is 7.35. The number of aromatic amines is 1. The number of ether oxygens (including phenoxy) is 1. The molecule has 0 saturated heterocycles. The third-order valence-electron chi connectivity index (χ3n) is 3.74. The van der Waals surface area contributed by atoms with Crippen LogP contribution in [0.1, 0.15) is 16.2 Å². The summed E-state index contributed by atoms with van der Waals surface area (Å²) in [6.07, 6.45) is 1.47. The lowest BCUT2D eigenvalue weighted by Crippen LogP contribution is -2.25. The third kappa shape index (κ3) is 4.11. The molecule has 2 aromatic heterocycles. The Kier molecular flexibility index (Phi) is 5.15. The molecule has 0 radical (unpaired) electrons. The molecule has 0 bridgehead atoms. The Labute approximate surface area is 155 Å². The fraction of sp³-hybridized carbons (Fsp3) is 0.235. The molecule has 0 spiro atoms. The molecular formula is C17H20N8O2. The molecule has 0 aliphatic carbocycles. The highest BCUT2D eigenvalue weighted by Gasteiger charge is 2.16. The van der Waals surface area contributed by atoms with Crippen molar-refractivity contribution in [1.29, 1.82) is 0 Å². The van der Waals surface area contributed by atoms with E-state index in [-0.39, 0.29) is 18.4 Å². The van der Waals surface area contributed by atoms with E-state index in [1.807, 2.05) is 24.3 Å². The Balaban J connectivity index is 1.77. The zero-order chi connectivity index (χ0) is 19.4. The van der Waals surface area contributed by atoms with Gasteiger partial charge in [0.05, 0.1) is 31.1 Å². The van der Waals surface area contributed by atoms with Crippen LogP contribution >= 0.6 is 0 Å². The van der Waals surface area contributed by atoms with Crippen LogP contribution < -0.4 is 20.7 Å². The number of benzene rings is 1. The number of nitrogens with zero attached hydrogens (tertiary/aromatic N) is 5. The van der Waals surface area contributed by atoms with Crippen LogP contribution in [0.25, 0.3) is 11.3 Å². The van der Waals surface area contributed by atoms with Gasteiger partial charge in [0, 0.05) is 19.7 Å². The first-order valence-corrected chi connectivity index (χ1v) is 8.11. The van der Waals surface area contributed by atoms with Crippen LogP contribution in [0.4, 0.5) is 11.9 Å². The number of rotatable bonds is 6. The number of carbonyl (C=O) groups is 1. The van der Waals surface area contributed by atoms with Gasteiger partial charge in [-0.2, -0.15) is 20.1 Å². The van der Waals surface area contributed by atoms with E-state index in [4.69, 9.17) is 10.5 Å². The molecule has 1 amide bonds. The third-order valence-corrected chi connectivity index (χ3v) is 3.74. The number of hydrogen-bond donors (Lipinski definition) is 3. The smallest absolute Gasteiger partial charge is 0.255 e. The minimum Gasteiger partial charge on any atom is -0.497 e. The van der Waals surface area contributed by atoms with Crippen LogP contribution in [0, 0.1) is 0 Å². The minimum absolute atomic E-state index is 0.0957. The molecule has 0 saturated carbocycles. The molecule has 10 heteroatoms. The maximum atomic E-state index is 12.6. The first kappa shape index (κ1) is 18.1. The van der Waals surface area contributed by atoms with Crippen LogP contribution in [-0.4, -0.2) is 52.3 Å². The number of H-pyrrole nitrogens is 1. The molecule has 0 unspecified atom stereocenters. The van der Waals surface area contributed by atoms with E-state index in [1.165, 1.54) is 6.20 Å². The second-order valence-corrected chi connectivity index (χ2v) is 5.88. The number of anilines is 2. The zero-order valence-electron chi connectivity index (χ0n) is 15.2. The number of amides is 1. The van der Waals surface area contributed by atoms with Crippen LogP contribution in [0.3, 0.4) is 0 Å². The molecule has 2 heterocycles. The summed E-state index contributed by atoms with van der Waals surface area (Å²) < 4.78 is 5.23. The number of nitrogen functional groups attached to an aromatic ring is 1. The van der Waals surface area contributed by atoms with Gasteiger partial charge in [-0.1, -0.05) is 12.1 Å². The standard InChI is InChI=1S/C17H20N8O2/c1-25(2)17-22-13(21-16(18)23-17)9-19-15(26)12-8-20-24-14(12)10-5-4-6-11(7-10)27-3/h4-8H,9H2,1-3H3,(H,19,26)(H,20,24)(H2,18,21,22,23). The summed E-state index contributed by atoms with van der Waals surface area (Å²) in [7, 11) is 5.17. The van der Waals surface area contributed by atoms with E-state index in [0.29, 0.717) is 28.8 Å². The highest BCUT2D eigenvalue weighted by molar-refractivity contribution is 5.99. The van der Waals surface area contributed by atoms with E-state index in [1.54, 1.807) is 26.1 Å². The van der Waals surface area contributed by atoms with Crippen molar-refractivity contribution in [3.63, 3.8) is 0 Å². The van der Waals surface area contributed by atoms with Gasteiger partial charge in [0.25, 0.3) is 5.91 Å². The van der Waals surface area contributed by atoms with Gasteiger partial charge in [-0.05, 0) is 12.1 Å². The summed E-state index contributed by atoms with van der Waals surface area (Å²) in [5.41, 5.74) is 7.48. The Morgan fingerprint density at radius 2 is 2.11 bits per heavy atom. The van der Waals surface area contributed by atoms with Gasteiger partial charge in [0.2, 0.25) is 11.9 Å². The molecule has 0 aliphatic heterocycles. The van der Waals surface area contributed by atoms with Gasteiger partial charge in [-0.25, -0.2) is 0 Å². The minimum atomic E-state index is -0.313. The first-order valence-electron chi connectivity index (χ1n) is 8.11. The Morgan fingerprint density at radius 1 is 1.30 bits per heavy atom.